The SMILES string of the molecule is CCCCCC(=O)CC=C1C(=O)NC(=O)N1CCCCCCC(=O)O. The summed E-state index contributed by atoms with van der Waals surface area (Å²) in [4.78, 5) is 47.4. The first-order valence-corrected chi connectivity index (χ1v) is 9.02. The van der Waals surface area contributed by atoms with Crippen LogP contribution in [0.15, 0.2) is 11.8 Å². The van der Waals surface area contributed by atoms with E-state index in [4.69, 9.17) is 5.11 Å². The average Bonchev–Trinajstić information content (AvgIpc) is 2.82. The summed E-state index contributed by atoms with van der Waals surface area (Å²) in [5.74, 6) is -1.20. The zero-order valence-corrected chi connectivity index (χ0v) is 14.9. The predicted octanol–water partition coefficient (Wildman–Crippen LogP) is 3.00. The van der Waals surface area contributed by atoms with Crippen LogP contribution in [0.3, 0.4) is 0 Å². The lowest BCUT2D eigenvalue weighted by Crippen LogP contribution is -2.28. The van der Waals surface area contributed by atoms with E-state index in [9.17, 15) is 19.2 Å². The third kappa shape index (κ3) is 7.96. The van der Waals surface area contributed by atoms with Crippen LogP contribution < -0.4 is 5.32 Å². The molecule has 1 aliphatic rings. The van der Waals surface area contributed by atoms with Crippen LogP contribution in [0.4, 0.5) is 4.79 Å². The van der Waals surface area contributed by atoms with E-state index < -0.39 is 17.9 Å². The predicted molar refractivity (Wildman–Crippen MR) is 92.8 cm³/mol. The Kier molecular flexibility index (Phi) is 9.50. The number of hydrogen-bond acceptors (Lipinski definition) is 4. The normalized spacial score (nSPS) is 15.7. The molecule has 0 radical (unpaired) electrons. The van der Waals surface area contributed by atoms with E-state index in [0.29, 0.717) is 25.8 Å². The van der Waals surface area contributed by atoms with Crippen molar-refractivity contribution in [2.45, 2.75) is 71.1 Å². The molecule has 1 heterocycles. The molecule has 2 N–H and O–H groups in total. The third-order valence-corrected chi connectivity index (χ3v) is 4.09. The van der Waals surface area contributed by atoms with Crippen LogP contribution in [-0.2, 0) is 14.4 Å². The highest BCUT2D eigenvalue weighted by Gasteiger charge is 2.32. The molecular formula is C18H28N2O5. The van der Waals surface area contributed by atoms with Crippen molar-refractivity contribution in [1.29, 1.82) is 0 Å². The molecule has 0 unspecified atom stereocenters. The maximum Gasteiger partial charge on any atom is 0.328 e. The number of amides is 3. The van der Waals surface area contributed by atoms with Gasteiger partial charge in [0.1, 0.15) is 11.5 Å². The fraction of sp³-hybridized carbons (Fsp3) is 0.667. The average molecular weight is 352 g/mol. The summed E-state index contributed by atoms with van der Waals surface area (Å²) in [7, 11) is 0. The number of hydrogen-bond donors (Lipinski definition) is 2. The highest BCUT2D eigenvalue weighted by atomic mass is 16.4. The molecule has 0 aromatic heterocycles. The van der Waals surface area contributed by atoms with Gasteiger partial charge in [-0.15, -0.1) is 0 Å². The van der Waals surface area contributed by atoms with Gasteiger partial charge in [0.05, 0.1) is 0 Å². The molecule has 140 valence electrons. The van der Waals surface area contributed by atoms with Gasteiger partial charge in [0.2, 0.25) is 0 Å². The first-order chi connectivity index (χ1) is 12.0. The smallest absolute Gasteiger partial charge is 0.328 e. The molecule has 1 aliphatic heterocycles. The van der Waals surface area contributed by atoms with E-state index in [1.165, 1.54) is 4.90 Å². The van der Waals surface area contributed by atoms with E-state index in [1.54, 1.807) is 6.08 Å². The molecule has 0 spiro atoms. The lowest BCUT2D eigenvalue weighted by molar-refractivity contribution is -0.137. The quantitative estimate of drug-likeness (QED) is 0.301. The number of nitrogens with zero attached hydrogens (tertiary/aromatic N) is 1. The molecule has 0 atom stereocenters. The van der Waals surface area contributed by atoms with Gasteiger partial charge < -0.3 is 5.11 Å². The largest absolute Gasteiger partial charge is 0.481 e. The number of carboxylic acid groups (broad SMARTS) is 1. The van der Waals surface area contributed by atoms with Gasteiger partial charge in [-0.05, 0) is 25.3 Å². The first-order valence-electron chi connectivity index (χ1n) is 9.02. The summed E-state index contributed by atoms with van der Waals surface area (Å²) in [6.07, 6.45) is 8.10. The Bertz CT molecular complexity index is 528. The van der Waals surface area contributed by atoms with E-state index in [0.717, 1.165) is 32.1 Å². The van der Waals surface area contributed by atoms with E-state index >= 15 is 0 Å². The van der Waals surface area contributed by atoms with Crippen LogP contribution in [0.2, 0.25) is 0 Å². The van der Waals surface area contributed by atoms with Gasteiger partial charge in [0.25, 0.3) is 5.91 Å². The summed E-state index contributed by atoms with van der Waals surface area (Å²) in [5.41, 5.74) is 0.249. The Hall–Kier alpha value is -2.18. The van der Waals surface area contributed by atoms with Gasteiger partial charge in [-0.3, -0.25) is 24.6 Å². The van der Waals surface area contributed by atoms with E-state index in [1.807, 2.05) is 0 Å². The molecular weight excluding hydrogens is 324 g/mol. The fourth-order valence-corrected chi connectivity index (χ4v) is 2.67. The fourth-order valence-electron chi connectivity index (χ4n) is 2.67. The van der Waals surface area contributed by atoms with Crippen LogP contribution in [-0.4, -0.2) is 40.2 Å². The number of carbonyl (C=O) groups excluding carboxylic acids is 3. The number of carbonyl (C=O) groups is 4. The number of urea groups is 1. The van der Waals surface area contributed by atoms with Gasteiger partial charge in [-0.1, -0.05) is 32.6 Å². The van der Waals surface area contributed by atoms with Crippen molar-refractivity contribution in [2.75, 3.05) is 6.54 Å². The lowest BCUT2D eigenvalue weighted by Gasteiger charge is -2.15. The number of rotatable bonds is 13. The molecule has 0 aromatic rings. The number of carboxylic acids is 1. The second-order valence-corrected chi connectivity index (χ2v) is 6.26. The van der Waals surface area contributed by atoms with E-state index in [2.05, 4.69) is 12.2 Å². The summed E-state index contributed by atoms with van der Waals surface area (Å²) in [5, 5.41) is 10.8. The van der Waals surface area contributed by atoms with Gasteiger partial charge in [-0.2, -0.15) is 0 Å². The van der Waals surface area contributed by atoms with Gasteiger partial charge in [-0.25, -0.2) is 4.79 Å². The molecule has 1 rings (SSSR count). The molecule has 7 heteroatoms. The Balaban J connectivity index is 2.43. The van der Waals surface area contributed by atoms with Crippen molar-refractivity contribution in [3.8, 4) is 0 Å². The summed E-state index contributed by atoms with van der Waals surface area (Å²) in [6, 6.07) is -0.458. The van der Waals surface area contributed by atoms with Crippen molar-refractivity contribution in [2.24, 2.45) is 0 Å². The summed E-state index contributed by atoms with van der Waals surface area (Å²) < 4.78 is 0. The summed E-state index contributed by atoms with van der Waals surface area (Å²) in [6.45, 7) is 2.46. The Labute approximate surface area is 148 Å². The monoisotopic (exact) mass is 352 g/mol. The maximum atomic E-state index is 11.9. The minimum absolute atomic E-state index is 0.0710. The van der Waals surface area contributed by atoms with E-state index in [-0.39, 0.29) is 24.3 Å². The molecule has 1 saturated heterocycles. The molecule has 7 nitrogen and oxygen atoms in total. The molecule has 3 amide bonds. The minimum Gasteiger partial charge on any atom is -0.481 e. The summed E-state index contributed by atoms with van der Waals surface area (Å²) >= 11 is 0. The highest BCUT2D eigenvalue weighted by molar-refractivity contribution is 6.11. The first kappa shape index (κ1) is 20.9. The second-order valence-electron chi connectivity index (χ2n) is 6.26. The maximum absolute atomic E-state index is 11.9. The zero-order valence-electron chi connectivity index (χ0n) is 14.9. The van der Waals surface area contributed by atoms with Crippen LogP contribution in [0.1, 0.15) is 71.1 Å². The van der Waals surface area contributed by atoms with Crippen molar-refractivity contribution in [1.82, 2.24) is 10.2 Å². The topological polar surface area (TPSA) is 104 Å². The van der Waals surface area contributed by atoms with Crippen LogP contribution in [0, 0.1) is 0 Å². The number of unbranched alkanes of at least 4 members (excludes halogenated alkanes) is 5. The lowest BCUT2D eigenvalue weighted by atomic mass is 10.1. The number of nitrogens with one attached hydrogen (secondary N) is 1. The van der Waals surface area contributed by atoms with Crippen LogP contribution >= 0.6 is 0 Å². The van der Waals surface area contributed by atoms with Crippen molar-refractivity contribution in [3.05, 3.63) is 11.8 Å². The molecule has 1 fully saturated rings. The van der Waals surface area contributed by atoms with Gasteiger partial charge in [0, 0.05) is 25.8 Å². The number of imide groups is 1. The molecule has 0 aromatic carbocycles. The molecule has 25 heavy (non-hydrogen) atoms. The Morgan fingerprint density at radius 1 is 1.04 bits per heavy atom. The standard InChI is InChI=1S/C18H28N2O5/c1-2-3-6-9-14(21)11-12-15-17(24)19-18(25)20(15)13-8-5-4-7-10-16(22)23/h12H,2-11,13H2,1H3,(H,22,23)(H,19,24,25). The second kappa shape index (κ2) is 11.4. The van der Waals surface area contributed by atoms with Crippen LogP contribution in [0.25, 0.3) is 0 Å². The van der Waals surface area contributed by atoms with Crippen molar-refractivity contribution < 1.29 is 24.3 Å². The van der Waals surface area contributed by atoms with Crippen LogP contribution in [0.5, 0.6) is 0 Å². The van der Waals surface area contributed by atoms with Crippen molar-refractivity contribution in [3.63, 3.8) is 0 Å². The number of allylic oxidation sites excluding steroid dienone is 1. The molecule has 0 saturated carbocycles. The number of ketones is 1. The molecule has 0 bridgehead atoms. The third-order valence-electron chi connectivity index (χ3n) is 4.09. The van der Waals surface area contributed by atoms with Gasteiger partial charge >= 0.3 is 12.0 Å². The van der Waals surface area contributed by atoms with Gasteiger partial charge in [0.15, 0.2) is 0 Å². The number of aliphatic carboxylic acids is 1. The van der Waals surface area contributed by atoms with Crippen molar-refractivity contribution >= 4 is 23.7 Å². The minimum atomic E-state index is -0.807. The zero-order chi connectivity index (χ0) is 18.7. The Morgan fingerprint density at radius 3 is 2.40 bits per heavy atom. The number of Topliss-reactive ketones (excluding diaryl/α,β-unsaturated/α-hetero) is 1. The molecule has 0 aliphatic carbocycles. The highest BCUT2D eigenvalue weighted by Crippen LogP contribution is 2.16. The Morgan fingerprint density at radius 2 is 1.72 bits per heavy atom.